The van der Waals surface area contributed by atoms with E-state index >= 15 is 0 Å². The van der Waals surface area contributed by atoms with E-state index in [1.165, 1.54) is 23.6 Å². The third kappa shape index (κ3) is 3.20. The third-order valence-corrected chi connectivity index (χ3v) is 5.25. The van der Waals surface area contributed by atoms with E-state index in [1.807, 2.05) is 0 Å². The molecule has 1 heterocycles. The molecule has 0 unspecified atom stereocenters. The molecular weight excluding hydrogens is 274 g/mol. The van der Waals surface area contributed by atoms with Crippen molar-refractivity contribution < 1.29 is 19.5 Å². The maximum Gasteiger partial charge on any atom is 0.340 e. The summed E-state index contributed by atoms with van der Waals surface area (Å²) in [5, 5.41) is 9.18. The van der Waals surface area contributed by atoms with Crippen molar-refractivity contribution in [3.8, 4) is 0 Å². The predicted molar refractivity (Wildman–Crippen MR) is 72.5 cm³/mol. The van der Waals surface area contributed by atoms with Crippen LogP contribution in [0.1, 0.15) is 20.8 Å². The fourth-order valence-electron chi connectivity index (χ4n) is 1.70. The van der Waals surface area contributed by atoms with Crippen LogP contribution in [-0.2, 0) is 14.4 Å². The molecule has 18 heavy (non-hydrogen) atoms. The van der Waals surface area contributed by atoms with Gasteiger partial charge in [-0.25, -0.2) is 4.79 Å². The number of hydrogen-bond acceptors (Lipinski definition) is 5. The van der Waals surface area contributed by atoms with Gasteiger partial charge >= 0.3 is 5.97 Å². The second kappa shape index (κ2) is 5.97. The number of nitrogens with zero attached hydrogens (tertiary/aromatic N) is 1. The highest BCUT2D eigenvalue weighted by Gasteiger charge is 2.47. The van der Waals surface area contributed by atoms with E-state index in [0.717, 1.165) is 11.8 Å². The van der Waals surface area contributed by atoms with E-state index in [-0.39, 0.29) is 16.9 Å². The highest BCUT2D eigenvalue weighted by Crippen LogP contribution is 2.36. The van der Waals surface area contributed by atoms with Crippen LogP contribution >= 0.6 is 23.5 Å². The Labute approximate surface area is 115 Å². The lowest BCUT2D eigenvalue weighted by Gasteiger charge is -2.32. The maximum atomic E-state index is 12.2. The molecule has 1 aliphatic rings. The Bertz CT molecular complexity index is 374. The number of thioether (sulfide) groups is 2. The van der Waals surface area contributed by atoms with Gasteiger partial charge in [-0.2, -0.15) is 0 Å². The summed E-state index contributed by atoms with van der Waals surface area (Å²) in [6.07, 6.45) is 0. The van der Waals surface area contributed by atoms with Crippen LogP contribution in [0.4, 0.5) is 0 Å². The topological polar surface area (TPSA) is 74.7 Å². The fourth-order valence-corrected chi connectivity index (χ4v) is 3.46. The molecule has 1 rings (SSSR count). The van der Waals surface area contributed by atoms with Gasteiger partial charge in [0.25, 0.3) is 0 Å². The maximum absolute atomic E-state index is 12.2. The van der Waals surface area contributed by atoms with Gasteiger partial charge in [-0.3, -0.25) is 9.59 Å². The van der Waals surface area contributed by atoms with Gasteiger partial charge in [0.15, 0.2) is 9.99 Å². The highest BCUT2D eigenvalue weighted by molar-refractivity contribution is 8.13. The molecule has 7 heteroatoms. The van der Waals surface area contributed by atoms with Crippen LogP contribution in [0.15, 0.2) is 0 Å². The van der Waals surface area contributed by atoms with Gasteiger partial charge < -0.3 is 10.0 Å². The van der Waals surface area contributed by atoms with E-state index in [2.05, 4.69) is 0 Å². The molecule has 0 radical (unpaired) electrons. The van der Waals surface area contributed by atoms with Gasteiger partial charge in [0.1, 0.15) is 0 Å². The zero-order valence-corrected chi connectivity index (χ0v) is 12.3. The number of hydrogen-bond donors (Lipinski definition) is 1. The Morgan fingerprint density at radius 1 is 1.50 bits per heavy atom. The van der Waals surface area contributed by atoms with Crippen LogP contribution in [0.2, 0.25) is 0 Å². The molecule has 0 aromatic carbocycles. The minimum atomic E-state index is -1.17. The normalized spacial score (nSPS) is 24.9. The van der Waals surface area contributed by atoms with Gasteiger partial charge in [-0.05, 0) is 6.92 Å². The van der Waals surface area contributed by atoms with E-state index in [0.29, 0.717) is 18.1 Å². The molecule has 1 amide bonds. The van der Waals surface area contributed by atoms with Crippen molar-refractivity contribution in [3.05, 3.63) is 0 Å². The van der Waals surface area contributed by atoms with Crippen molar-refractivity contribution in [1.82, 2.24) is 4.90 Å². The molecule has 1 aliphatic heterocycles. The highest BCUT2D eigenvalue weighted by atomic mass is 32.2. The van der Waals surface area contributed by atoms with Crippen molar-refractivity contribution in [2.75, 3.05) is 18.1 Å². The minimum Gasteiger partial charge on any atom is -0.479 e. The first-order chi connectivity index (χ1) is 8.29. The smallest absolute Gasteiger partial charge is 0.340 e. The molecule has 0 spiro atoms. The van der Waals surface area contributed by atoms with E-state index in [9.17, 15) is 19.5 Å². The third-order valence-electron chi connectivity index (χ3n) is 2.83. The fraction of sp³-hybridized carbons (Fsp3) is 0.727. The summed E-state index contributed by atoms with van der Waals surface area (Å²) in [5.41, 5.74) is 0. The van der Waals surface area contributed by atoms with Crippen molar-refractivity contribution in [1.29, 1.82) is 0 Å². The molecule has 0 aromatic heterocycles. The van der Waals surface area contributed by atoms with Crippen molar-refractivity contribution >= 4 is 40.5 Å². The summed E-state index contributed by atoms with van der Waals surface area (Å²) in [6, 6.07) is 0. The summed E-state index contributed by atoms with van der Waals surface area (Å²) in [6.45, 7) is 5.18. The number of carbonyl (C=O) groups is 3. The number of rotatable bonds is 4. The summed E-state index contributed by atoms with van der Waals surface area (Å²) < 4.78 is 0. The number of amides is 1. The van der Waals surface area contributed by atoms with Gasteiger partial charge in [-0.1, -0.05) is 18.7 Å². The molecule has 1 N–H and O–H groups in total. The van der Waals surface area contributed by atoms with Crippen LogP contribution in [0, 0.1) is 5.92 Å². The van der Waals surface area contributed by atoms with E-state index in [1.54, 1.807) is 13.8 Å². The first-order valence-electron chi connectivity index (χ1n) is 5.61. The van der Waals surface area contributed by atoms with Crippen molar-refractivity contribution in [2.45, 2.75) is 25.6 Å². The van der Waals surface area contributed by atoms with E-state index in [4.69, 9.17) is 0 Å². The summed E-state index contributed by atoms with van der Waals surface area (Å²) in [4.78, 5) is 34.6. The molecule has 0 aliphatic carbocycles. The average molecular weight is 291 g/mol. The van der Waals surface area contributed by atoms with Crippen LogP contribution in [0.25, 0.3) is 0 Å². The zero-order valence-electron chi connectivity index (χ0n) is 10.6. The molecule has 102 valence electrons. The van der Waals surface area contributed by atoms with E-state index < -0.39 is 10.8 Å². The second-order valence-corrected chi connectivity index (χ2v) is 7.02. The Morgan fingerprint density at radius 2 is 2.11 bits per heavy atom. The monoisotopic (exact) mass is 291 g/mol. The van der Waals surface area contributed by atoms with Gasteiger partial charge in [0.2, 0.25) is 5.91 Å². The lowest BCUT2D eigenvalue weighted by Crippen LogP contribution is -2.51. The molecule has 5 nitrogen and oxygen atoms in total. The molecule has 1 saturated heterocycles. The lowest BCUT2D eigenvalue weighted by atomic mass is 10.1. The standard InChI is InChI=1S/C11H17NO4S2/c1-7(6-17-8(2)13)9(14)12-4-5-18-11(12,3)10(15)16/h7H,4-6H2,1-3H3,(H,15,16)/t7-,11+/m0/s1. The largest absolute Gasteiger partial charge is 0.479 e. The average Bonchev–Trinajstić information content (AvgIpc) is 2.68. The number of carboxylic acids is 1. The zero-order chi connectivity index (χ0) is 13.9. The van der Waals surface area contributed by atoms with Crippen LogP contribution < -0.4 is 0 Å². The van der Waals surface area contributed by atoms with Gasteiger partial charge in [0.05, 0.1) is 0 Å². The van der Waals surface area contributed by atoms with Crippen LogP contribution in [0.5, 0.6) is 0 Å². The Kier molecular flexibility index (Phi) is 5.10. The van der Waals surface area contributed by atoms with Gasteiger partial charge in [-0.15, -0.1) is 11.8 Å². The number of carbonyl (C=O) groups excluding carboxylic acids is 2. The SMILES string of the molecule is CC(=O)SC[C@H](C)C(=O)N1CCS[C@]1(C)C(=O)O. The number of aliphatic carboxylic acids is 1. The Hall–Kier alpha value is -0.690. The number of carboxylic acid groups (broad SMARTS) is 1. The molecule has 0 aromatic rings. The Balaban J connectivity index is 2.71. The summed E-state index contributed by atoms with van der Waals surface area (Å²) in [5.74, 6) is -0.522. The molecule has 0 saturated carbocycles. The lowest BCUT2D eigenvalue weighted by molar-refractivity contribution is -0.152. The summed E-state index contributed by atoms with van der Waals surface area (Å²) >= 11 is 2.36. The predicted octanol–water partition coefficient (Wildman–Crippen LogP) is 1.28. The summed E-state index contributed by atoms with van der Waals surface area (Å²) in [7, 11) is 0. The van der Waals surface area contributed by atoms with Crippen LogP contribution in [-0.4, -0.2) is 49.9 Å². The minimum absolute atomic E-state index is 0.0357. The Morgan fingerprint density at radius 3 is 2.61 bits per heavy atom. The quantitative estimate of drug-likeness (QED) is 0.841. The molecule has 2 atom stereocenters. The van der Waals surface area contributed by atoms with Gasteiger partial charge in [0, 0.05) is 30.9 Å². The van der Waals surface area contributed by atoms with Crippen molar-refractivity contribution in [2.24, 2.45) is 5.92 Å². The second-order valence-electron chi connectivity index (χ2n) is 4.33. The first kappa shape index (κ1) is 15.4. The van der Waals surface area contributed by atoms with Crippen molar-refractivity contribution in [3.63, 3.8) is 0 Å². The molecule has 1 fully saturated rings. The molecule has 0 bridgehead atoms. The van der Waals surface area contributed by atoms with Crippen LogP contribution in [0.3, 0.4) is 0 Å². The first-order valence-corrected chi connectivity index (χ1v) is 7.58. The molecular formula is C11H17NO4S2.